The summed E-state index contributed by atoms with van der Waals surface area (Å²) in [5.41, 5.74) is 7.23. The molecule has 3 rings (SSSR count). The minimum absolute atomic E-state index is 0.386. The van der Waals surface area contributed by atoms with E-state index < -0.39 is 5.97 Å². The fourth-order valence-corrected chi connectivity index (χ4v) is 3.05. The van der Waals surface area contributed by atoms with Gasteiger partial charge in [0.2, 0.25) is 0 Å². The molecule has 0 spiro atoms. The molecule has 1 aromatic carbocycles. The Bertz CT molecular complexity index is 826. The van der Waals surface area contributed by atoms with Crippen LogP contribution in [0.15, 0.2) is 24.3 Å². The number of hydrogen-bond donors (Lipinski definition) is 1. The number of carbonyl (C=O) groups excluding carboxylic acids is 1. The molecule has 2 heterocycles. The van der Waals surface area contributed by atoms with Crippen molar-refractivity contribution >= 4 is 44.1 Å². The molecular formula is C14H12N2O3S. The van der Waals surface area contributed by atoms with E-state index in [1.807, 2.05) is 24.3 Å². The second kappa shape index (κ2) is 4.64. The largest absolute Gasteiger partial charge is 0.497 e. The Morgan fingerprint density at radius 2 is 2.10 bits per heavy atom. The van der Waals surface area contributed by atoms with Crippen LogP contribution in [0, 0.1) is 0 Å². The Morgan fingerprint density at radius 3 is 2.80 bits per heavy atom. The lowest BCUT2D eigenvalue weighted by atomic mass is 10.1. The fourth-order valence-electron chi connectivity index (χ4n) is 2.05. The van der Waals surface area contributed by atoms with Crippen molar-refractivity contribution < 1.29 is 14.3 Å². The number of methoxy groups -OCH3 is 2. The molecule has 0 unspecified atom stereocenters. The van der Waals surface area contributed by atoms with E-state index in [-0.39, 0.29) is 0 Å². The van der Waals surface area contributed by atoms with Crippen molar-refractivity contribution in [2.45, 2.75) is 0 Å². The van der Waals surface area contributed by atoms with Gasteiger partial charge in [-0.3, -0.25) is 0 Å². The minimum atomic E-state index is -0.438. The van der Waals surface area contributed by atoms with Gasteiger partial charge in [0.25, 0.3) is 0 Å². The third-order valence-corrected chi connectivity index (χ3v) is 4.19. The number of nitrogens with two attached hydrogens (primary N) is 1. The number of fused-ring (bicyclic) bond motifs is 2. The van der Waals surface area contributed by atoms with Crippen LogP contribution in [0.1, 0.15) is 9.67 Å². The van der Waals surface area contributed by atoms with Gasteiger partial charge >= 0.3 is 5.97 Å². The Morgan fingerprint density at radius 1 is 1.30 bits per heavy atom. The maximum Gasteiger partial charge on any atom is 0.350 e. The molecule has 0 saturated heterocycles. The average molecular weight is 288 g/mol. The molecule has 0 aliphatic heterocycles. The van der Waals surface area contributed by atoms with Crippen LogP contribution in [0.5, 0.6) is 5.75 Å². The van der Waals surface area contributed by atoms with E-state index in [0.717, 1.165) is 22.0 Å². The molecule has 0 aliphatic carbocycles. The molecule has 0 bridgehead atoms. The molecule has 5 nitrogen and oxygen atoms in total. The number of rotatable bonds is 2. The monoisotopic (exact) mass is 288 g/mol. The lowest BCUT2D eigenvalue weighted by Crippen LogP contribution is -2.01. The number of anilines is 1. The van der Waals surface area contributed by atoms with Gasteiger partial charge in [-0.1, -0.05) is 0 Å². The van der Waals surface area contributed by atoms with Crippen molar-refractivity contribution in [3.63, 3.8) is 0 Å². The highest BCUT2D eigenvalue weighted by atomic mass is 32.1. The molecule has 2 aromatic heterocycles. The van der Waals surface area contributed by atoms with Gasteiger partial charge < -0.3 is 15.2 Å². The Balaban J connectivity index is 2.29. The van der Waals surface area contributed by atoms with Gasteiger partial charge in [0.1, 0.15) is 15.5 Å². The molecule has 6 heteroatoms. The lowest BCUT2D eigenvalue weighted by Gasteiger charge is -2.02. The summed E-state index contributed by atoms with van der Waals surface area (Å²) in [5, 5.41) is 1.72. The first-order valence-electron chi connectivity index (χ1n) is 5.89. The SMILES string of the molecule is COC(=O)c1sc2nc3cc(OC)ccc3cc2c1N. The molecule has 0 saturated carbocycles. The number of esters is 1. The summed E-state index contributed by atoms with van der Waals surface area (Å²) in [4.78, 5) is 17.3. The zero-order valence-electron chi connectivity index (χ0n) is 11.0. The number of carbonyl (C=O) groups is 1. The highest BCUT2D eigenvalue weighted by molar-refractivity contribution is 7.21. The van der Waals surface area contributed by atoms with Crippen molar-refractivity contribution in [2.75, 3.05) is 20.0 Å². The number of pyridine rings is 1. The molecule has 3 aromatic rings. The van der Waals surface area contributed by atoms with Crippen molar-refractivity contribution in [1.29, 1.82) is 0 Å². The van der Waals surface area contributed by atoms with E-state index in [0.29, 0.717) is 15.4 Å². The second-order valence-corrected chi connectivity index (χ2v) is 5.24. The molecule has 0 radical (unpaired) electrons. The number of nitrogen functional groups attached to an aromatic ring is 1. The maximum atomic E-state index is 11.7. The van der Waals surface area contributed by atoms with Crippen molar-refractivity contribution in [1.82, 2.24) is 4.98 Å². The van der Waals surface area contributed by atoms with Crippen LogP contribution in [-0.2, 0) is 4.74 Å². The van der Waals surface area contributed by atoms with E-state index >= 15 is 0 Å². The molecule has 20 heavy (non-hydrogen) atoms. The van der Waals surface area contributed by atoms with Crippen LogP contribution < -0.4 is 10.5 Å². The van der Waals surface area contributed by atoms with Crippen LogP contribution in [0.4, 0.5) is 5.69 Å². The summed E-state index contributed by atoms with van der Waals surface area (Å²) in [6, 6.07) is 7.55. The number of benzene rings is 1. The van der Waals surface area contributed by atoms with Gasteiger partial charge in [-0.15, -0.1) is 11.3 Å². The van der Waals surface area contributed by atoms with Crippen molar-refractivity contribution in [3.05, 3.63) is 29.1 Å². The third-order valence-electron chi connectivity index (χ3n) is 3.09. The normalized spacial score (nSPS) is 10.9. The predicted octanol–water partition coefficient (Wildman–Crippen LogP) is 2.83. The molecule has 102 valence electrons. The number of aromatic nitrogens is 1. The highest BCUT2D eigenvalue weighted by Gasteiger charge is 2.18. The Labute approximate surface area is 118 Å². The van der Waals surface area contributed by atoms with Crippen LogP contribution >= 0.6 is 11.3 Å². The van der Waals surface area contributed by atoms with Crippen LogP contribution in [-0.4, -0.2) is 25.2 Å². The molecule has 0 atom stereocenters. The van der Waals surface area contributed by atoms with Gasteiger partial charge in [0, 0.05) is 16.8 Å². The van der Waals surface area contributed by atoms with E-state index in [1.54, 1.807) is 7.11 Å². The van der Waals surface area contributed by atoms with E-state index in [1.165, 1.54) is 18.4 Å². The summed E-state index contributed by atoms with van der Waals surface area (Å²) in [7, 11) is 2.94. The standard InChI is InChI=1S/C14H12N2O3S/c1-18-8-4-3-7-5-9-11(15)12(14(17)19-2)20-13(9)16-10(7)6-8/h3-6H,15H2,1-2H3. The topological polar surface area (TPSA) is 74.4 Å². The van der Waals surface area contributed by atoms with Gasteiger partial charge in [-0.25, -0.2) is 9.78 Å². The summed E-state index contributed by atoms with van der Waals surface area (Å²) in [6.07, 6.45) is 0. The first-order chi connectivity index (χ1) is 9.63. The van der Waals surface area contributed by atoms with Gasteiger partial charge in [0.05, 0.1) is 25.4 Å². The molecule has 0 fully saturated rings. The number of hydrogen-bond acceptors (Lipinski definition) is 6. The Hall–Kier alpha value is -2.34. The third kappa shape index (κ3) is 1.85. The summed E-state index contributed by atoms with van der Waals surface area (Å²) >= 11 is 1.23. The van der Waals surface area contributed by atoms with Crippen LogP contribution in [0.2, 0.25) is 0 Å². The van der Waals surface area contributed by atoms with E-state index in [9.17, 15) is 4.79 Å². The van der Waals surface area contributed by atoms with Gasteiger partial charge in [0.15, 0.2) is 0 Å². The second-order valence-electron chi connectivity index (χ2n) is 4.24. The van der Waals surface area contributed by atoms with Crippen LogP contribution in [0.25, 0.3) is 21.1 Å². The van der Waals surface area contributed by atoms with Crippen molar-refractivity contribution in [3.8, 4) is 5.75 Å². The van der Waals surface area contributed by atoms with Gasteiger partial charge in [-0.2, -0.15) is 0 Å². The molecule has 0 amide bonds. The maximum absolute atomic E-state index is 11.7. The first-order valence-corrected chi connectivity index (χ1v) is 6.70. The van der Waals surface area contributed by atoms with E-state index in [2.05, 4.69) is 4.98 Å². The number of ether oxygens (including phenoxy) is 2. The zero-order valence-corrected chi connectivity index (χ0v) is 11.8. The number of thiophene rings is 1. The molecular weight excluding hydrogens is 276 g/mol. The molecule has 2 N–H and O–H groups in total. The summed E-state index contributed by atoms with van der Waals surface area (Å²) in [5.74, 6) is 0.300. The number of nitrogens with zero attached hydrogens (tertiary/aromatic N) is 1. The highest BCUT2D eigenvalue weighted by Crippen LogP contribution is 2.35. The fraction of sp³-hybridized carbons (Fsp3) is 0.143. The average Bonchev–Trinajstić information content (AvgIpc) is 2.80. The predicted molar refractivity (Wildman–Crippen MR) is 79.4 cm³/mol. The van der Waals surface area contributed by atoms with Crippen molar-refractivity contribution in [2.24, 2.45) is 0 Å². The zero-order chi connectivity index (χ0) is 14.3. The quantitative estimate of drug-likeness (QED) is 0.734. The smallest absolute Gasteiger partial charge is 0.350 e. The van der Waals surface area contributed by atoms with Crippen LogP contribution in [0.3, 0.4) is 0 Å². The lowest BCUT2D eigenvalue weighted by molar-refractivity contribution is 0.0607. The Kier molecular flexibility index (Phi) is 2.94. The minimum Gasteiger partial charge on any atom is -0.497 e. The molecule has 0 aliphatic rings. The first kappa shape index (κ1) is 12.7. The summed E-state index contributed by atoms with van der Waals surface area (Å²) < 4.78 is 9.91. The summed E-state index contributed by atoms with van der Waals surface area (Å²) in [6.45, 7) is 0. The van der Waals surface area contributed by atoms with Gasteiger partial charge in [-0.05, 0) is 18.2 Å². The van der Waals surface area contributed by atoms with E-state index in [4.69, 9.17) is 15.2 Å².